The summed E-state index contributed by atoms with van der Waals surface area (Å²) in [6.07, 6.45) is -4.06. The number of halogens is 5. The van der Waals surface area contributed by atoms with Gasteiger partial charge in [0, 0.05) is 11.1 Å². The van der Waals surface area contributed by atoms with Gasteiger partial charge in [-0.2, -0.15) is 0 Å². The molecule has 0 N–H and O–H groups in total. The maximum atomic E-state index is 14.1. The fourth-order valence-corrected chi connectivity index (χ4v) is 1.94. The van der Waals surface area contributed by atoms with Gasteiger partial charge in [-0.25, -0.2) is 8.78 Å². The highest BCUT2D eigenvalue weighted by atomic mass is 19.4. The van der Waals surface area contributed by atoms with Crippen molar-refractivity contribution in [2.24, 2.45) is 0 Å². The van der Waals surface area contributed by atoms with Crippen LogP contribution in [0.4, 0.5) is 22.0 Å². The van der Waals surface area contributed by atoms with Crippen LogP contribution in [-0.4, -0.2) is 6.36 Å². The molecule has 0 fully saturated rings. The largest absolute Gasteiger partial charge is 0.573 e. The lowest BCUT2D eigenvalue weighted by atomic mass is 10.1. The fraction of sp³-hybridized carbons (Fsp3) is 0.176. The molecule has 0 unspecified atom stereocenters. The normalized spacial score (nSPS) is 12.8. The third-order valence-corrected chi connectivity index (χ3v) is 3.15. The molecule has 0 heterocycles. The summed E-state index contributed by atoms with van der Waals surface area (Å²) in [5.41, 5.74) is 0.877. The Kier molecular flexibility index (Phi) is 5.03. The van der Waals surface area contributed by atoms with Crippen LogP contribution in [0, 0.1) is 0 Å². The van der Waals surface area contributed by atoms with E-state index in [4.69, 9.17) is 0 Å². The lowest BCUT2D eigenvalue weighted by molar-refractivity contribution is -0.274. The Morgan fingerprint density at radius 3 is 1.65 bits per heavy atom. The molecule has 0 atom stereocenters. The Bertz CT molecular complexity index is 684. The summed E-state index contributed by atoms with van der Waals surface area (Å²) in [6, 6.07) is 10.2. The number of hydrogen-bond acceptors (Lipinski definition) is 1. The van der Waals surface area contributed by atoms with Gasteiger partial charge in [0.2, 0.25) is 0 Å². The van der Waals surface area contributed by atoms with Crippen LogP contribution >= 0.6 is 0 Å². The minimum Gasteiger partial charge on any atom is -0.406 e. The number of alkyl halides is 3. The molecule has 0 amide bonds. The molecule has 0 radical (unpaired) electrons. The fourth-order valence-electron chi connectivity index (χ4n) is 1.94. The van der Waals surface area contributed by atoms with Crippen molar-refractivity contribution in [3.05, 3.63) is 65.2 Å². The van der Waals surface area contributed by atoms with Crippen LogP contribution in [0.3, 0.4) is 0 Å². The van der Waals surface area contributed by atoms with Crippen LogP contribution in [-0.2, 0) is 6.42 Å². The summed E-state index contributed by atoms with van der Waals surface area (Å²) in [6.45, 7) is 1.94. The molecule has 23 heavy (non-hydrogen) atoms. The van der Waals surface area contributed by atoms with Crippen molar-refractivity contribution < 1.29 is 26.7 Å². The minimum atomic E-state index is -4.83. The monoisotopic (exact) mass is 328 g/mol. The number of benzene rings is 2. The number of rotatable bonds is 4. The van der Waals surface area contributed by atoms with E-state index >= 15 is 0 Å². The van der Waals surface area contributed by atoms with Gasteiger partial charge in [0.05, 0.1) is 0 Å². The molecule has 0 aliphatic heterocycles. The van der Waals surface area contributed by atoms with Crippen molar-refractivity contribution in [3.8, 4) is 5.75 Å². The summed E-state index contributed by atoms with van der Waals surface area (Å²) in [7, 11) is 0. The zero-order valence-corrected chi connectivity index (χ0v) is 12.1. The second kappa shape index (κ2) is 6.81. The van der Waals surface area contributed by atoms with E-state index in [-0.39, 0.29) is 11.1 Å². The molecule has 0 saturated carbocycles. The van der Waals surface area contributed by atoms with E-state index in [0.29, 0.717) is 0 Å². The summed E-state index contributed by atoms with van der Waals surface area (Å²) in [5.74, 6) is -2.72. The first-order chi connectivity index (χ1) is 10.8. The topological polar surface area (TPSA) is 9.23 Å². The van der Waals surface area contributed by atoms with Crippen molar-refractivity contribution in [3.63, 3.8) is 0 Å². The first kappa shape index (κ1) is 17.0. The molecule has 0 saturated heterocycles. The highest BCUT2D eigenvalue weighted by molar-refractivity contribution is 5.83. The summed E-state index contributed by atoms with van der Waals surface area (Å²) in [5, 5.41) is 0. The van der Waals surface area contributed by atoms with E-state index in [1.807, 2.05) is 6.92 Å². The number of hydrogen-bond donors (Lipinski definition) is 0. The van der Waals surface area contributed by atoms with Crippen molar-refractivity contribution in [2.75, 3.05) is 0 Å². The predicted molar refractivity (Wildman–Crippen MR) is 78.0 cm³/mol. The van der Waals surface area contributed by atoms with Crippen molar-refractivity contribution in [2.45, 2.75) is 19.7 Å². The first-order valence-electron chi connectivity index (χ1n) is 6.81. The minimum absolute atomic E-state index is 0.0651. The molecular formula is C17H13F5O. The third kappa shape index (κ3) is 4.55. The zero-order valence-electron chi connectivity index (χ0n) is 12.1. The van der Waals surface area contributed by atoms with E-state index in [1.54, 1.807) is 12.1 Å². The average molecular weight is 328 g/mol. The summed E-state index contributed by atoms with van der Waals surface area (Å²) in [4.78, 5) is 0. The molecule has 1 nitrogen and oxygen atoms in total. The van der Waals surface area contributed by atoms with Crippen molar-refractivity contribution in [1.82, 2.24) is 0 Å². The van der Waals surface area contributed by atoms with Gasteiger partial charge in [-0.3, -0.25) is 0 Å². The Labute approximate surface area is 130 Å². The second-order valence-electron chi connectivity index (χ2n) is 4.75. The van der Waals surface area contributed by atoms with Crippen molar-refractivity contribution in [1.29, 1.82) is 0 Å². The van der Waals surface area contributed by atoms with Crippen LogP contribution in [0.2, 0.25) is 0 Å². The van der Waals surface area contributed by atoms with Gasteiger partial charge in [0.1, 0.15) is 5.75 Å². The van der Waals surface area contributed by atoms with E-state index < -0.39 is 23.8 Å². The standard InChI is InChI=1S/C17H13F5O/c1-2-11-3-5-12(6-4-11)15(18)16(19)13-7-9-14(10-8-13)23-17(20,21)22/h3-10H,2H2,1H3/b16-15+. The maximum Gasteiger partial charge on any atom is 0.573 e. The highest BCUT2D eigenvalue weighted by Crippen LogP contribution is 2.31. The average Bonchev–Trinajstić information content (AvgIpc) is 2.53. The van der Waals surface area contributed by atoms with Gasteiger partial charge in [0.25, 0.3) is 0 Å². The van der Waals surface area contributed by atoms with Gasteiger partial charge in [-0.1, -0.05) is 31.2 Å². The summed E-state index contributed by atoms with van der Waals surface area (Å²) < 4.78 is 68.0. The van der Waals surface area contributed by atoms with Crippen LogP contribution in [0.5, 0.6) is 5.75 Å². The van der Waals surface area contributed by atoms with Crippen LogP contribution in [0.25, 0.3) is 11.7 Å². The second-order valence-corrected chi connectivity index (χ2v) is 4.75. The molecule has 122 valence electrons. The number of ether oxygens (including phenoxy) is 1. The molecule has 2 rings (SSSR count). The molecule has 0 spiro atoms. The smallest absolute Gasteiger partial charge is 0.406 e. The molecule has 0 aliphatic carbocycles. The quantitative estimate of drug-likeness (QED) is 0.500. The van der Waals surface area contributed by atoms with E-state index in [0.717, 1.165) is 36.2 Å². The predicted octanol–water partition coefficient (Wildman–Crippen LogP) is 5.91. The molecule has 2 aromatic carbocycles. The van der Waals surface area contributed by atoms with Crippen LogP contribution in [0.15, 0.2) is 48.5 Å². The Balaban J connectivity index is 2.25. The Morgan fingerprint density at radius 2 is 1.26 bits per heavy atom. The molecule has 0 aromatic heterocycles. The first-order valence-corrected chi connectivity index (χ1v) is 6.81. The highest BCUT2D eigenvalue weighted by Gasteiger charge is 2.31. The van der Waals surface area contributed by atoms with Crippen LogP contribution in [0.1, 0.15) is 23.6 Å². The Morgan fingerprint density at radius 1 is 0.826 bits per heavy atom. The van der Waals surface area contributed by atoms with Crippen LogP contribution < -0.4 is 4.74 Å². The third-order valence-electron chi connectivity index (χ3n) is 3.15. The van der Waals surface area contributed by atoms with Gasteiger partial charge in [-0.15, -0.1) is 13.2 Å². The SMILES string of the molecule is CCc1ccc(/C(F)=C(\F)c2ccc(OC(F)(F)F)cc2)cc1. The van der Waals surface area contributed by atoms with Gasteiger partial charge >= 0.3 is 6.36 Å². The lowest BCUT2D eigenvalue weighted by Gasteiger charge is -2.09. The molecular weight excluding hydrogens is 315 g/mol. The maximum absolute atomic E-state index is 14.1. The molecule has 6 heteroatoms. The lowest BCUT2D eigenvalue weighted by Crippen LogP contribution is -2.16. The summed E-state index contributed by atoms with van der Waals surface area (Å²) >= 11 is 0. The molecule has 0 bridgehead atoms. The molecule has 2 aromatic rings. The number of aryl methyl sites for hydroxylation is 1. The van der Waals surface area contributed by atoms with Gasteiger partial charge in [-0.05, 0) is 36.2 Å². The van der Waals surface area contributed by atoms with E-state index in [1.165, 1.54) is 12.1 Å². The van der Waals surface area contributed by atoms with E-state index in [9.17, 15) is 22.0 Å². The van der Waals surface area contributed by atoms with E-state index in [2.05, 4.69) is 4.74 Å². The van der Waals surface area contributed by atoms with Gasteiger partial charge < -0.3 is 4.74 Å². The van der Waals surface area contributed by atoms with Crippen molar-refractivity contribution >= 4 is 11.7 Å². The Hall–Kier alpha value is -2.37. The molecule has 0 aliphatic rings. The zero-order chi connectivity index (χ0) is 17.0. The van der Waals surface area contributed by atoms with Gasteiger partial charge in [0.15, 0.2) is 11.7 Å².